The molecule has 0 bridgehead atoms. The van der Waals surface area contributed by atoms with Gasteiger partial charge in [-0.05, 0) is 12.1 Å². The van der Waals surface area contributed by atoms with Crippen LogP contribution in [0.1, 0.15) is 10.5 Å². The number of para-hydroxylation sites is 1. The summed E-state index contributed by atoms with van der Waals surface area (Å²) in [6, 6.07) is 9.33. The minimum atomic E-state index is -0.152. The summed E-state index contributed by atoms with van der Waals surface area (Å²) in [4.78, 5) is 15.6. The Bertz CT molecular complexity index is 462. The number of aryl methyl sites for hydroxylation is 1. The Balaban J connectivity index is 2.15. The zero-order valence-corrected chi connectivity index (χ0v) is 8.34. The number of carbonyl (C=O) groups excluding carboxylic acids is 1. The highest BCUT2D eigenvalue weighted by atomic mass is 16.1. The number of nitrogens with zero attached hydrogens (tertiary/aromatic N) is 2. The van der Waals surface area contributed by atoms with Crippen LogP contribution in [0.2, 0.25) is 0 Å². The largest absolute Gasteiger partial charge is 0.330 e. The first-order valence-corrected chi connectivity index (χ1v) is 4.60. The SMILES string of the molecule is Cn1cncc1C(=O)Nc1ccccc1. The topological polar surface area (TPSA) is 46.9 Å². The molecule has 2 rings (SSSR count). The summed E-state index contributed by atoms with van der Waals surface area (Å²) in [6.07, 6.45) is 3.14. The molecule has 76 valence electrons. The van der Waals surface area contributed by atoms with Crippen LogP contribution in [0, 0.1) is 0 Å². The normalized spacial score (nSPS) is 9.93. The van der Waals surface area contributed by atoms with Crippen LogP contribution in [-0.2, 0) is 7.05 Å². The van der Waals surface area contributed by atoms with Crippen molar-refractivity contribution in [2.75, 3.05) is 5.32 Å². The molecular formula is C11H11N3O. The minimum absolute atomic E-state index is 0.152. The first kappa shape index (κ1) is 9.45. The molecule has 0 unspecified atom stereocenters. The van der Waals surface area contributed by atoms with Crippen molar-refractivity contribution in [3.05, 3.63) is 48.5 Å². The van der Waals surface area contributed by atoms with E-state index >= 15 is 0 Å². The van der Waals surface area contributed by atoms with Crippen molar-refractivity contribution in [1.82, 2.24) is 9.55 Å². The fourth-order valence-corrected chi connectivity index (χ4v) is 1.29. The standard InChI is InChI=1S/C11H11N3O/c1-14-8-12-7-10(14)11(15)13-9-5-3-2-4-6-9/h2-8H,1H3,(H,13,15). The molecular weight excluding hydrogens is 190 g/mol. The quantitative estimate of drug-likeness (QED) is 0.803. The van der Waals surface area contributed by atoms with Gasteiger partial charge in [0.15, 0.2) is 0 Å². The molecule has 0 aliphatic carbocycles. The first-order valence-electron chi connectivity index (χ1n) is 4.60. The Kier molecular flexibility index (Phi) is 2.49. The minimum Gasteiger partial charge on any atom is -0.330 e. The van der Waals surface area contributed by atoms with Crippen LogP contribution in [0.4, 0.5) is 5.69 Å². The molecule has 1 aromatic heterocycles. The molecule has 15 heavy (non-hydrogen) atoms. The van der Waals surface area contributed by atoms with Crippen LogP contribution >= 0.6 is 0 Å². The third-order valence-corrected chi connectivity index (χ3v) is 2.08. The smallest absolute Gasteiger partial charge is 0.273 e. The Morgan fingerprint density at radius 1 is 1.33 bits per heavy atom. The van der Waals surface area contributed by atoms with Gasteiger partial charge < -0.3 is 9.88 Å². The summed E-state index contributed by atoms with van der Waals surface area (Å²) in [5.74, 6) is -0.152. The van der Waals surface area contributed by atoms with Gasteiger partial charge in [-0.2, -0.15) is 0 Å². The Morgan fingerprint density at radius 2 is 2.07 bits per heavy atom. The fraction of sp³-hybridized carbons (Fsp3) is 0.0909. The number of anilines is 1. The maximum absolute atomic E-state index is 11.7. The average molecular weight is 201 g/mol. The van der Waals surface area contributed by atoms with E-state index in [0.717, 1.165) is 5.69 Å². The Labute approximate surface area is 87.6 Å². The van der Waals surface area contributed by atoms with Crippen molar-refractivity contribution in [2.24, 2.45) is 7.05 Å². The third kappa shape index (κ3) is 2.04. The van der Waals surface area contributed by atoms with Crippen molar-refractivity contribution in [2.45, 2.75) is 0 Å². The number of carbonyl (C=O) groups is 1. The van der Waals surface area contributed by atoms with E-state index in [9.17, 15) is 4.79 Å². The van der Waals surface area contributed by atoms with Crippen molar-refractivity contribution in [1.29, 1.82) is 0 Å². The number of imidazole rings is 1. The maximum Gasteiger partial charge on any atom is 0.273 e. The van der Waals surface area contributed by atoms with Crippen molar-refractivity contribution in [3.8, 4) is 0 Å². The van der Waals surface area contributed by atoms with Gasteiger partial charge in [-0.25, -0.2) is 4.98 Å². The van der Waals surface area contributed by atoms with Gasteiger partial charge >= 0.3 is 0 Å². The number of aromatic nitrogens is 2. The number of benzene rings is 1. The van der Waals surface area contributed by atoms with E-state index in [-0.39, 0.29) is 5.91 Å². The summed E-state index contributed by atoms with van der Waals surface area (Å²) in [6.45, 7) is 0. The second-order valence-electron chi connectivity index (χ2n) is 3.21. The van der Waals surface area contributed by atoms with Gasteiger partial charge in [0.05, 0.1) is 12.5 Å². The van der Waals surface area contributed by atoms with E-state index in [1.54, 1.807) is 17.9 Å². The van der Waals surface area contributed by atoms with E-state index in [0.29, 0.717) is 5.69 Å². The van der Waals surface area contributed by atoms with E-state index < -0.39 is 0 Å². The molecule has 1 N–H and O–H groups in total. The van der Waals surface area contributed by atoms with E-state index in [1.165, 1.54) is 6.20 Å². The monoisotopic (exact) mass is 201 g/mol. The highest BCUT2D eigenvalue weighted by Gasteiger charge is 2.08. The zero-order valence-electron chi connectivity index (χ0n) is 8.34. The van der Waals surface area contributed by atoms with Crippen LogP contribution < -0.4 is 5.32 Å². The van der Waals surface area contributed by atoms with Gasteiger partial charge in [-0.1, -0.05) is 18.2 Å². The maximum atomic E-state index is 11.7. The second kappa shape index (κ2) is 3.96. The molecule has 0 aliphatic heterocycles. The molecule has 0 radical (unpaired) electrons. The highest BCUT2D eigenvalue weighted by Crippen LogP contribution is 2.07. The van der Waals surface area contributed by atoms with Crippen LogP contribution in [0.25, 0.3) is 0 Å². The van der Waals surface area contributed by atoms with Crippen LogP contribution in [0.5, 0.6) is 0 Å². The molecule has 0 fully saturated rings. The molecule has 0 saturated carbocycles. The first-order chi connectivity index (χ1) is 7.27. The third-order valence-electron chi connectivity index (χ3n) is 2.08. The number of amides is 1. The van der Waals surface area contributed by atoms with Gasteiger partial charge in [-0.3, -0.25) is 4.79 Å². The lowest BCUT2D eigenvalue weighted by molar-refractivity contribution is 0.101. The number of nitrogens with one attached hydrogen (secondary N) is 1. The molecule has 4 heteroatoms. The lowest BCUT2D eigenvalue weighted by Crippen LogP contribution is -2.15. The van der Waals surface area contributed by atoms with Gasteiger partial charge in [0, 0.05) is 12.7 Å². The lowest BCUT2D eigenvalue weighted by atomic mass is 10.3. The highest BCUT2D eigenvalue weighted by molar-refractivity contribution is 6.02. The fourth-order valence-electron chi connectivity index (χ4n) is 1.29. The second-order valence-corrected chi connectivity index (χ2v) is 3.21. The molecule has 1 heterocycles. The summed E-state index contributed by atoms with van der Waals surface area (Å²) in [7, 11) is 1.78. The van der Waals surface area contributed by atoms with Gasteiger partial charge in [-0.15, -0.1) is 0 Å². The average Bonchev–Trinajstić information content (AvgIpc) is 2.66. The predicted molar refractivity (Wildman–Crippen MR) is 57.6 cm³/mol. The van der Waals surface area contributed by atoms with E-state index in [1.807, 2.05) is 30.3 Å². The molecule has 1 aromatic carbocycles. The molecule has 0 spiro atoms. The number of hydrogen-bond acceptors (Lipinski definition) is 2. The van der Waals surface area contributed by atoms with E-state index in [4.69, 9.17) is 0 Å². The summed E-state index contributed by atoms with van der Waals surface area (Å²) in [5, 5.41) is 2.79. The number of hydrogen-bond donors (Lipinski definition) is 1. The summed E-state index contributed by atoms with van der Waals surface area (Å²) >= 11 is 0. The van der Waals surface area contributed by atoms with Crippen LogP contribution in [0.3, 0.4) is 0 Å². The van der Waals surface area contributed by atoms with Crippen molar-refractivity contribution >= 4 is 11.6 Å². The van der Waals surface area contributed by atoms with Crippen molar-refractivity contribution < 1.29 is 4.79 Å². The summed E-state index contributed by atoms with van der Waals surface area (Å²) < 4.78 is 1.68. The lowest BCUT2D eigenvalue weighted by Gasteiger charge is -2.04. The van der Waals surface area contributed by atoms with Crippen LogP contribution in [0.15, 0.2) is 42.9 Å². The zero-order chi connectivity index (χ0) is 10.7. The Hall–Kier alpha value is -2.10. The molecule has 0 aliphatic rings. The summed E-state index contributed by atoms with van der Waals surface area (Å²) in [5.41, 5.74) is 1.32. The molecule has 2 aromatic rings. The van der Waals surface area contributed by atoms with Crippen molar-refractivity contribution in [3.63, 3.8) is 0 Å². The van der Waals surface area contributed by atoms with Gasteiger partial charge in [0.2, 0.25) is 0 Å². The predicted octanol–water partition coefficient (Wildman–Crippen LogP) is 1.67. The molecule has 4 nitrogen and oxygen atoms in total. The van der Waals surface area contributed by atoms with E-state index in [2.05, 4.69) is 10.3 Å². The Morgan fingerprint density at radius 3 is 2.67 bits per heavy atom. The molecule has 1 amide bonds. The van der Waals surface area contributed by atoms with Crippen LogP contribution in [-0.4, -0.2) is 15.5 Å². The van der Waals surface area contributed by atoms with Gasteiger partial charge in [0.1, 0.15) is 5.69 Å². The van der Waals surface area contributed by atoms with Gasteiger partial charge in [0.25, 0.3) is 5.91 Å². The molecule has 0 atom stereocenters. The number of rotatable bonds is 2. The molecule has 0 saturated heterocycles.